The van der Waals surface area contributed by atoms with Gasteiger partial charge >= 0.3 is 5.97 Å². The number of fused-ring (bicyclic) bond motifs is 1. The second-order valence-corrected chi connectivity index (χ2v) is 4.91. The van der Waals surface area contributed by atoms with Crippen molar-refractivity contribution in [2.75, 3.05) is 11.5 Å². The van der Waals surface area contributed by atoms with Gasteiger partial charge in [-0.25, -0.2) is 4.79 Å². The summed E-state index contributed by atoms with van der Waals surface area (Å²) in [6.45, 7) is 0. The van der Waals surface area contributed by atoms with Gasteiger partial charge in [0.25, 0.3) is 0 Å². The number of aromatic nitrogens is 2. The highest BCUT2D eigenvalue weighted by Crippen LogP contribution is 2.26. The number of carboxylic acid groups (broad SMARTS) is 1. The van der Waals surface area contributed by atoms with Gasteiger partial charge in [-0.1, -0.05) is 12.1 Å². The molecule has 112 valence electrons. The van der Waals surface area contributed by atoms with Gasteiger partial charge in [0.2, 0.25) is 11.7 Å². The third-order valence-electron chi connectivity index (χ3n) is 3.44. The Morgan fingerprint density at radius 2 is 1.86 bits per heavy atom. The summed E-state index contributed by atoms with van der Waals surface area (Å²) in [4.78, 5) is 18.8. The van der Waals surface area contributed by atoms with E-state index < -0.39 is 5.97 Å². The van der Waals surface area contributed by atoms with Crippen molar-refractivity contribution in [1.82, 2.24) is 9.97 Å². The number of nitrogens with two attached hydrogens (primary N) is 2. The van der Waals surface area contributed by atoms with Crippen molar-refractivity contribution in [3.05, 3.63) is 47.2 Å². The van der Waals surface area contributed by atoms with Crippen LogP contribution in [-0.2, 0) is 12.8 Å². The molecule has 0 spiro atoms. The Balaban J connectivity index is 1.80. The second kappa shape index (κ2) is 5.36. The van der Waals surface area contributed by atoms with Gasteiger partial charge in [0.1, 0.15) is 5.82 Å². The number of anilines is 2. The minimum absolute atomic E-state index is 0.0789. The first-order valence-corrected chi connectivity index (χ1v) is 6.66. The van der Waals surface area contributed by atoms with Crippen molar-refractivity contribution in [2.45, 2.75) is 12.8 Å². The van der Waals surface area contributed by atoms with Crippen molar-refractivity contribution < 1.29 is 14.3 Å². The second-order valence-electron chi connectivity index (χ2n) is 4.91. The number of nitrogen functional groups attached to an aromatic ring is 2. The average molecular weight is 298 g/mol. The molecule has 0 aliphatic rings. The third-order valence-corrected chi connectivity index (χ3v) is 3.44. The maximum atomic E-state index is 10.8. The first-order chi connectivity index (χ1) is 10.5. The van der Waals surface area contributed by atoms with Crippen LogP contribution >= 0.6 is 0 Å². The van der Waals surface area contributed by atoms with Gasteiger partial charge in [-0.2, -0.15) is 9.97 Å². The lowest BCUT2D eigenvalue weighted by Gasteiger charge is -2.02. The number of rotatable bonds is 4. The average Bonchev–Trinajstić information content (AvgIpc) is 2.88. The van der Waals surface area contributed by atoms with Gasteiger partial charge < -0.3 is 21.0 Å². The monoisotopic (exact) mass is 298 g/mol. The van der Waals surface area contributed by atoms with E-state index >= 15 is 0 Å². The lowest BCUT2D eigenvalue weighted by molar-refractivity contribution is 0.0697. The molecule has 2 aromatic heterocycles. The number of nitrogens with zero attached hydrogens (tertiary/aromatic N) is 2. The normalized spacial score (nSPS) is 10.9. The number of carboxylic acids is 1. The molecule has 0 aliphatic carbocycles. The van der Waals surface area contributed by atoms with Crippen LogP contribution in [0.15, 0.2) is 34.9 Å². The van der Waals surface area contributed by atoms with Gasteiger partial charge in [0.05, 0.1) is 17.2 Å². The van der Waals surface area contributed by atoms with E-state index in [-0.39, 0.29) is 11.5 Å². The predicted octanol–water partition coefficient (Wildman–Crippen LogP) is 1.87. The molecule has 0 bridgehead atoms. The highest BCUT2D eigenvalue weighted by atomic mass is 16.4. The zero-order valence-corrected chi connectivity index (χ0v) is 11.6. The molecule has 0 saturated heterocycles. The fourth-order valence-electron chi connectivity index (χ4n) is 2.32. The van der Waals surface area contributed by atoms with Crippen LogP contribution < -0.4 is 11.5 Å². The number of furan rings is 1. The Bertz CT molecular complexity index is 840. The van der Waals surface area contributed by atoms with E-state index in [4.69, 9.17) is 21.0 Å². The highest BCUT2D eigenvalue weighted by Gasteiger charge is 2.13. The lowest BCUT2D eigenvalue weighted by Crippen LogP contribution is -2.01. The summed E-state index contributed by atoms with van der Waals surface area (Å²) in [6.07, 6.45) is 3.00. The zero-order valence-electron chi connectivity index (χ0n) is 11.6. The molecule has 5 N–H and O–H groups in total. The summed E-state index contributed by atoms with van der Waals surface area (Å²) in [7, 11) is 0. The fraction of sp³-hybridized carbons (Fsp3) is 0.133. The largest absolute Gasteiger partial charge is 0.478 e. The van der Waals surface area contributed by atoms with E-state index in [2.05, 4.69) is 9.97 Å². The molecule has 0 saturated carbocycles. The molecule has 7 nitrogen and oxygen atoms in total. The first-order valence-electron chi connectivity index (χ1n) is 6.66. The summed E-state index contributed by atoms with van der Waals surface area (Å²) in [5.74, 6) is -0.558. The van der Waals surface area contributed by atoms with Crippen molar-refractivity contribution >= 4 is 28.8 Å². The van der Waals surface area contributed by atoms with Gasteiger partial charge in [0, 0.05) is 5.56 Å². The summed E-state index contributed by atoms with van der Waals surface area (Å²) >= 11 is 0. The lowest BCUT2D eigenvalue weighted by atomic mass is 10.0. The van der Waals surface area contributed by atoms with Gasteiger partial charge in [-0.05, 0) is 30.5 Å². The molecule has 0 fully saturated rings. The minimum atomic E-state index is -0.935. The summed E-state index contributed by atoms with van der Waals surface area (Å²) in [6, 6.07) is 6.76. The van der Waals surface area contributed by atoms with Crippen molar-refractivity contribution in [1.29, 1.82) is 0 Å². The SMILES string of the molecule is Nc1nc(N)c2c(CCc3ccc(C(=O)O)cc3)coc2n1. The van der Waals surface area contributed by atoms with Crippen LogP contribution in [0.2, 0.25) is 0 Å². The number of carbonyl (C=O) groups is 1. The number of benzene rings is 1. The molecule has 3 aromatic rings. The Morgan fingerprint density at radius 3 is 2.55 bits per heavy atom. The van der Waals surface area contributed by atoms with Crippen molar-refractivity contribution in [3.8, 4) is 0 Å². The molecule has 0 radical (unpaired) electrons. The molecule has 3 rings (SSSR count). The summed E-state index contributed by atoms with van der Waals surface area (Å²) in [5, 5.41) is 9.55. The number of hydrogen-bond donors (Lipinski definition) is 3. The Morgan fingerprint density at radius 1 is 1.14 bits per heavy atom. The van der Waals surface area contributed by atoms with E-state index in [9.17, 15) is 4.79 Å². The summed E-state index contributed by atoms with van der Waals surface area (Å²) in [5.41, 5.74) is 14.0. The molecule has 22 heavy (non-hydrogen) atoms. The molecule has 2 heterocycles. The topological polar surface area (TPSA) is 128 Å². The molecular formula is C15H14N4O3. The van der Waals surface area contributed by atoms with Crippen LogP contribution in [0.5, 0.6) is 0 Å². The number of hydrogen-bond acceptors (Lipinski definition) is 6. The van der Waals surface area contributed by atoms with Crippen LogP contribution in [-0.4, -0.2) is 21.0 Å². The number of aromatic carboxylic acids is 1. The van der Waals surface area contributed by atoms with Gasteiger partial charge in [0.15, 0.2) is 0 Å². The molecule has 0 unspecified atom stereocenters. The van der Waals surface area contributed by atoms with Crippen molar-refractivity contribution in [2.24, 2.45) is 0 Å². The van der Waals surface area contributed by atoms with E-state index in [1.807, 2.05) is 0 Å². The van der Waals surface area contributed by atoms with Gasteiger partial charge in [-0.15, -0.1) is 0 Å². The highest BCUT2D eigenvalue weighted by molar-refractivity contribution is 5.89. The smallest absolute Gasteiger partial charge is 0.335 e. The quantitative estimate of drug-likeness (QED) is 0.670. The van der Waals surface area contributed by atoms with Crippen LogP contribution in [0.25, 0.3) is 11.1 Å². The van der Waals surface area contributed by atoms with E-state index in [0.29, 0.717) is 23.3 Å². The van der Waals surface area contributed by atoms with Crippen LogP contribution in [0.3, 0.4) is 0 Å². The molecule has 0 atom stereocenters. The van der Waals surface area contributed by atoms with Crippen molar-refractivity contribution in [3.63, 3.8) is 0 Å². The molecule has 0 aliphatic heterocycles. The maximum Gasteiger partial charge on any atom is 0.335 e. The van der Waals surface area contributed by atoms with E-state index in [1.165, 1.54) is 0 Å². The first kappa shape index (κ1) is 13.9. The minimum Gasteiger partial charge on any atom is -0.478 e. The van der Waals surface area contributed by atoms with Crippen LogP contribution in [0.4, 0.5) is 11.8 Å². The van der Waals surface area contributed by atoms with Crippen LogP contribution in [0.1, 0.15) is 21.5 Å². The molecular weight excluding hydrogens is 284 g/mol. The Kier molecular flexibility index (Phi) is 3.38. The van der Waals surface area contributed by atoms with Crippen LogP contribution in [0, 0.1) is 0 Å². The van der Waals surface area contributed by atoms with Gasteiger partial charge in [-0.3, -0.25) is 0 Å². The Hall–Kier alpha value is -3.09. The molecule has 0 amide bonds. The Labute approximate surface area is 125 Å². The van der Waals surface area contributed by atoms with E-state index in [1.54, 1.807) is 30.5 Å². The zero-order chi connectivity index (χ0) is 15.7. The standard InChI is InChI=1S/C15H14N4O3/c16-12-11-10(7-22-13(11)19-15(17)18-12)6-3-8-1-4-9(5-2-8)14(20)21/h1-2,4-5,7H,3,6H2,(H,20,21)(H4,16,17,18,19). The third kappa shape index (κ3) is 2.56. The maximum absolute atomic E-state index is 10.8. The van der Waals surface area contributed by atoms with E-state index in [0.717, 1.165) is 17.5 Å². The summed E-state index contributed by atoms with van der Waals surface area (Å²) < 4.78 is 5.36. The molecule has 7 heteroatoms. The molecule has 1 aromatic carbocycles. The fourth-order valence-corrected chi connectivity index (χ4v) is 2.32. The predicted molar refractivity (Wildman–Crippen MR) is 81.4 cm³/mol. The number of aryl methyl sites for hydroxylation is 2.